The average Bonchev–Trinajstić information content (AvgIpc) is 2.83. The van der Waals surface area contributed by atoms with Crippen LogP contribution in [0, 0.1) is 11.3 Å². The first-order valence-corrected chi connectivity index (χ1v) is 8.14. The van der Waals surface area contributed by atoms with Crippen LogP contribution in [-0.4, -0.2) is 35.9 Å². The predicted octanol–water partition coefficient (Wildman–Crippen LogP) is 1.33. The van der Waals surface area contributed by atoms with Crippen molar-refractivity contribution in [2.75, 3.05) is 6.54 Å². The number of hydrogen-bond acceptors (Lipinski definition) is 4. The number of carbonyl (C=O) groups is 1. The van der Waals surface area contributed by atoms with Gasteiger partial charge in [-0.3, -0.25) is 4.79 Å². The molecule has 0 aliphatic carbocycles. The van der Waals surface area contributed by atoms with E-state index in [0.717, 1.165) is 4.31 Å². The van der Waals surface area contributed by atoms with E-state index < -0.39 is 21.5 Å². The van der Waals surface area contributed by atoms with Crippen LogP contribution < -0.4 is 0 Å². The van der Waals surface area contributed by atoms with Crippen molar-refractivity contribution in [1.29, 1.82) is 5.26 Å². The molecule has 1 aromatic rings. The van der Waals surface area contributed by atoms with Crippen LogP contribution in [0.25, 0.3) is 0 Å². The maximum absolute atomic E-state index is 12.5. The van der Waals surface area contributed by atoms with E-state index >= 15 is 0 Å². The minimum absolute atomic E-state index is 0.194. The summed E-state index contributed by atoms with van der Waals surface area (Å²) in [5.41, 5.74) is -0.725. The number of nitriles is 1. The number of sulfonamides is 1. The van der Waals surface area contributed by atoms with Crippen LogP contribution in [0.1, 0.15) is 30.9 Å². The third-order valence-electron chi connectivity index (χ3n) is 3.85. The van der Waals surface area contributed by atoms with Crippen molar-refractivity contribution in [3.8, 4) is 6.07 Å². The third kappa shape index (κ3) is 2.77. The van der Waals surface area contributed by atoms with Crippen molar-refractivity contribution in [1.82, 2.24) is 4.31 Å². The van der Waals surface area contributed by atoms with Crippen LogP contribution >= 0.6 is 0 Å². The van der Waals surface area contributed by atoms with Gasteiger partial charge in [0.1, 0.15) is 5.54 Å². The maximum Gasteiger partial charge on any atom is 0.324 e. The van der Waals surface area contributed by atoms with Gasteiger partial charge >= 0.3 is 5.97 Å². The van der Waals surface area contributed by atoms with Gasteiger partial charge in [0.05, 0.1) is 17.4 Å². The fourth-order valence-electron chi connectivity index (χ4n) is 2.63. The van der Waals surface area contributed by atoms with Crippen molar-refractivity contribution in [3.05, 3.63) is 35.4 Å². The van der Waals surface area contributed by atoms with E-state index in [1.807, 2.05) is 6.07 Å². The summed E-state index contributed by atoms with van der Waals surface area (Å²) in [4.78, 5) is 11.4. The van der Waals surface area contributed by atoms with Gasteiger partial charge < -0.3 is 5.11 Å². The fourth-order valence-corrected chi connectivity index (χ4v) is 4.62. The number of nitrogens with zero attached hydrogens (tertiary/aromatic N) is 2. The number of rotatable bonds is 4. The van der Waals surface area contributed by atoms with Crippen LogP contribution in [0.2, 0.25) is 0 Å². The van der Waals surface area contributed by atoms with Gasteiger partial charge in [-0.1, -0.05) is 18.2 Å². The molecule has 0 radical (unpaired) electrons. The van der Waals surface area contributed by atoms with Crippen molar-refractivity contribution >= 4 is 16.0 Å². The Morgan fingerprint density at radius 3 is 2.76 bits per heavy atom. The zero-order chi connectivity index (χ0) is 15.7. The first kappa shape index (κ1) is 15.5. The molecular weight excluding hydrogens is 292 g/mol. The molecular formula is C14H16N2O4S. The summed E-state index contributed by atoms with van der Waals surface area (Å²) in [6.45, 7) is 1.62. The Hall–Kier alpha value is -1.91. The molecule has 1 aliphatic heterocycles. The number of hydrogen-bond donors (Lipinski definition) is 1. The lowest BCUT2D eigenvalue weighted by Crippen LogP contribution is -2.51. The third-order valence-corrected chi connectivity index (χ3v) is 5.78. The van der Waals surface area contributed by atoms with Crippen LogP contribution in [0.4, 0.5) is 0 Å². The minimum Gasteiger partial charge on any atom is -0.480 e. The Bertz CT molecular complexity index is 708. The molecule has 1 aliphatic rings. The summed E-state index contributed by atoms with van der Waals surface area (Å²) in [6, 6.07) is 8.39. The lowest BCUT2D eigenvalue weighted by Gasteiger charge is -2.30. The Balaban J connectivity index is 2.35. The van der Waals surface area contributed by atoms with E-state index in [1.165, 1.54) is 6.92 Å². The van der Waals surface area contributed by atoms with E-state index in [2.05, 4.69) is 0 Å². The highest BCUT2D eigenvalue weighted by molar-refractivity contribution is 7.88. The van der Waals surface area contributed by atoms with Crippen molar-refractivity contribution in [3.63, 3.8) is 0 Å². The normalized spacial score (nSPS) is 22.9. The lowest BCUT2D eigenvalue weighted by atomic mass is 10.0. The highest BCUT2D eigenvalue weighted by atomic mass is 32.2. The van der Waals surface area contributed by atoms with Gasteiger partial charge in [-0.25, -0.2) is 8.42 Å². The van der Waals surface area contributed by atoms with E-state index in [1.54, 1.807) is 24.3 Å². The molecule has 1 atom stereocenters. The summed E-state index contributed by atoms with van der Waals surface area (Å²) >= 11 is 0. The van der Waals surface area contributed by atoms with Gasteiger partial charge in [0.2, 0.25) is 10.0 Å². The Morgan fingerprint density at radius 2 is 2.14 bits per heavy atom. The van der Waals surface area contributed by atoms with Crippen LogP contribution in [0.5, 0.6) is 0 Å². The van der Waals surface area contributed by atoms with Gasteiger partial charge in [-0.15, -0.1) is 0 Å². The molecule has 0 aromatic heterocycles. The molecule has 1 N–H and O–H groups in total. The second-order valence-electron chi connectivity index (χ2n) is 5.28. The lowest BCUT2D eigenvalue weighted by molar-refractivity contribution is -0.146. The first-order valence-electron chi connectivity index (χ1n) is 6.53. The highest BCUT2D eigenvalue weighted by Gasteiger charge is 2.49. The molecule has 0 bridgehead atoms. The smallest absolute Gasteiger partial charge is 0.324 e. The maximum atomic E-state index is 12.5. The summed E-state index contributed by atoms with van der Waals surface area (Å²) in [5.74, 6) is -1.50. The SMILES string of the molecule is CC1(C(=O)O)CCCN1S(=O)(=O)Cc1ccccc1C#N. The molecule has 1 aromatic carbocycles. The summed E-state index contributed by atoms with van der Waals surface area (Å²) in [5, 5.41) is 18.3. The number of carboxylic acids is 1. The zero-order valence-corrected chi connectivity index (χ0v) is 12.4. The van der Waals surface area contributed by atoms with Crippen LogP contribution in [-0.2, 0) is 20.6 Å². The van der Waals surface area contributed by atoms with E-state index in [-0.39, 0.29) is 17.9 Å². The Labute approximate surface area is 123 Å². The van der Waals surface area contributed by atoms with Gasteiger partial charge in [-0.05, 0) is 31.4 Å². The highest BCUT2D eigenvalue weighted by Crippen LogP contribution is 2.33. The fraction of sp³-hybridized carbons (Fsp3) is 0.429. The Morgan fingerprint density at radius 1 is 1.48 bits per heavy atom. The van der Waals surface area contributed by atoms with Gasteiger partial charge in [0, 0.05) is 6.54 Å². The number of benzene rings is 1. The average molecular weight is 308 g/mol. The molecule has 0 amide bonds. The van der Waals surface area contributed by atoms with Crippen molar-refractivity contribution in [2.45, 2.75) is 31.1 Å². The molecule has 21 heavy (non-hydrogen) atoms. The number of aliphatic carboxylic acids is 1. The van der Waals surface area contributed by atoms with E-state index in [4.69, 9.17) is 5.26 Å². The van der Waals surface area contributed by atoms with Crippen LogP contribution in [0.15, 0.2) is 24.3 Å². The standard InChI is InChI=1S/C14H16N2O4S/c1-14(13(17)18)7-4-8-16(14)21(19,20)10-12-6-3-2-5-11(12)9-15/h2-3,5-6H,4,7-8,10H2,1H3,(H,17,18). The Kier molecular flexibility index (Phi) is 4.03. The molecule has 1 saturated heterocycles. The topological polar surface area (TPSA) is 98.5 Å². The van der Waals surface area contributed by atoms with Gasteiger partial charge in [0.15, 0.2) is 0 Å². The largest absolute Gasteiger partial charge is 0.480 e. The second-order valence-corrected chi connectivity index (χ2v) is 7.17. The predicted molar refractivity (Wildman–Crippen MR) is 75.8 cm³/mol. The zero-order valence-electron chi connectivity index (χ0n) is 11.6. The van der Waals surface area contributed by atoms with Crippen LogP contribution in [0.3, 0.4) is 0 Å². The molecule has 1 fully saturated rings. The van der Waals surface area contributed by atoms with Gasteiger partial charge in [0.25, 0.3) is 0 Å². The van der Waals surface area contributed by atoms with Gasteiger partial charge in [-0.2, -0.15) is 9.57 Å². The molecule has 112 valence electrons. The first-order chi connectivity index (χ1) is 9.81. The molecule has 1 heterocycles. The summed E-state index contributed by atoms with van der Waals surface area (Å²) in [7, 11) is -3.80. The minimum atomic E-state index is -3.80. The van der Waals surface area contributed by atoms with Crippen molar-refractivity contribution < 1.29 is 18.3 Å². The molecule has 1 unspecified atom stereocenters. The number of carboxylic acid groups (broad SMARTS) is 1. The molecule has 0 spiro atoms. The molecule has 6 nitrogen and oxygen atoms in total. The molecule has 0 saturated carbocycles. The quantitative estimate of drug-likeness (QED) is 0.904. The molecule has 2 rings (SSSR count). The van der Waals surface area contributed by atoms with E-state index in [0.29, 0.717) is 18.4 Å². The monoisotopic (exact) mass is 308 g/mol. The second kappa shape index (κ2) is 5.47. The summed E-state index contributed by atoms with van der Waals surface area (Å²) in [6.07, 6.45) is 0.809. The summed E-state index contributed by atoms with van der Waals surface area (Å²) < 4.78 is 26.1. The molecule has 7 heteroatoms. The van der Waals surface area contributed by atoms with Crippen molar-refractivity contribution in [2.24, 2.45) is 0 Å². The van der Waals surface area contributed by atoms with E-state index in [9.17, 15) is 18.3 Å².